The van der Waals surface area contributed by atoms with Gasteiger partial charge in [0.2, 0.25) is 5.91 Å². The molecule has 1 heterocycles. The van der Waals surface area contributed by atoms with Crippen LogP contribution in [0, 0.1) is 0 Å². The first-order valence-electron chi connectivity index (χ1n) is 4.26. The van der Waals surface area contributed by atoms with Crippen molar-refractivity contribution in [3.8, 4) is 0 Å². The van der Waals surface area contributed by atoms with Crippen LogP contribution in [0.3, 0.4) is 0 Å². The summed E-state index contributed by atoms with van der Waals surface area (Å²) in [5, 5.41) is 0. The van der Waals surface area contributed by atoms with E-state index in [0.29, 0.717) is 19.8 Å². The highest BCUT2D eigenvalue weighted by Crippen LogP contribution is 2.07. The molecule has 4 nitrogen and oxygen atoms in total. The predicted molar refractivity (Wildman–Crippen MR) is 45.6 cm³/mol. The van der Waals surface area contributed by atoms with Gasteiger partial charge in [0, 0.05) is 6.54 Å². The second-order valence-corrected chi connectivity index (χ2v) is 3.24. The van der Waals surface area contributed by atoms with Gasteiger partial charge in [0.1, 0.15) is 0 Å². The van der Waals surface area contributed by atoms with E-state index < -0.39 is 6.04 Å². The van der Waals surface area contributed by atoms with Gasteiger partial charge in [0.25, 0.3) is 0 Å². The summed E-state index contributed by atoms with van der Waals surface area (Å²) >= 11 is 0. The van der Waals surface area contributed by atoms with Crippen molar-refractivity contribution in [2.45, 2.75) is 25.9 Å². The van der Waals surface area contributed by atoms with Crippen molar-refractivity contribution in [2.24, 2.45) is 5.73 Å². The molecule has 0 aromatic heterocycles. The Morgan fingerprint density at radius 2 is 2.42 bits per heavy atom. The first kappa shape index (κ1) is 9.48. The number of ether oxygens (including phenoxy) is 1. The topological polar surface area (TPSA) is 55.6 Å². The largest absolute Gasteiger partial charge is 0.377 e. The Kier molecular flexibility index (Phi) is 3.05. The fourth-order valence-corrected chi connectivity index (χ4v) is 1.32. The minimum absolute atomic E-state index is 0.0193. The summed E-state index contributed by atoms with van der Waals surface area (Å²) in [6.45, 7) is 5.60. The zero-order valence-corrected chi connectivity index (χ0v) is 7.62. The number of nitrogens with zero attached hydrogens (tertiary/aromatic N) is 1. The fraction of sp³-hybridized carbons (Fsp3) is 0.875. The first-order valence-corrected chi connectivity index (χ1v) is 4.26. The van der Waals surface area contributed by atoms with Crippen LogP contribution in [0.15, 0.2) is 0 Å². The van der Waals surface area contributed by atoms with Crippen LogP contribution in [0.5, 0.6) is 0 Å². The highest BCUT2D eigenvalue weighted by molar-refractivity contribution is 5.81. The lowest BCUT2D eigenvalue weighted by atomic mass is 10.2. The monoisotopic (exact) mass is 172 g/mol. The molecule has 0 saturated carbocycles. The second-order valence-electron chi connectivity index (χ2n) is 3.24. The van der Waals surface area contributed by atoms with E-state index in [1.807, 2.05) is 6.92 Å². The molecule has 0 aromatic carbocycles. The van der Waals surface area contributed by atoms with Crippen molar-refractivity contribution in [3.63, 3.8) is 0 Å². The lowest BCUT2D eigenvalue weighted by molar-refractivity contribution is -0.140. The zero-order valence-electron chi connectivity index (χ0n) is 7.62. The number of morpholine rings is 1. The molecule has 0 radical (unpaired) electrons. The van der Waals surface area contributed by atoms with Gasteiger partial charge in [0.15, 0.2) is 0 Å². The third-order valence-corrected chi connectivity index (χ3v) is 2.04. The quantitative estimate of drug-likeness (QED) is 0.584. The van der Waals surface area contributed by atoms with E-state index in [-0.39, 0.29) is 11.9 Å². The number of carbonyl (C=O) groups excluding carboxylic acids is 1. The minimum atomic E-state index is -0.398. The highest BCUT2D eigenvalue weighted by Gasteiger charge is 2.25. The van der Waals surface area contributed by atoms with Gasteiger partial charge in [-0.05, 0) is 13.8 Å². The van der Waals surface area contributed by atoms with Crippen LogP contribution in [0.4, 0.5) is 0 Å². The maximum atomic E-state index is 11.5. The fourth-order valence-electron chi connectivity index (χ4n) is 1.32. The Labute approximate surface area is 72.7 Å². The van der Waals surface area contributed by atoms with Gasteiger partial charge in [-0.1, -0.05) is 0 Å². The molecule has 0 aliphatic carbocycles. The average molecular weight is 172 g/mol. The van der Waals surface area contributed by atoms with Crippen LogP contribution < -0.4 is 5.73 Å². The maximum absolute atomic E-state index is 11.5. The zero-order chi connectivity index (χ0) is 9.14. The molecule has 1 rings (SSSR count). The Morgan fingerprint density at radius 3 is 2.92 bits per heavy atom. The molecule has 0 bridgehead atoms. The molecule has 4 heteroatoms. The number of rotatable bonds is 1. The van der Waals surface area contributed by atoms with Gasteiger partial charge < -0.3 is 15.4 Å². The first-order chi connectivity index (χ1) is 5.63. The van der Waals surface area contributed by atoms with Crippen LogP contribution in [-0.4, -0.2) is 42.6 Å². The molecular formula is C8H16N2O2. The van der Waals surface area contributed by atoms with Gasteiger partial charge in [-0.3, -0.25) is 4.79 Å². The second kappa shape index (κ2) is 3.87. The number of hydrogen-bond donors (Lipinski definition) is 1. The van der Waals surface area contributed by atoms with E-state index in [1.54, 1.807) is 11.8 Å². The predicted octanol–water partition coefficient (Wildman–Crippen LogP) is -0.419. The van der Waals surface area contributed by atoms with Crippen molar-refractivity contribution < 1.29 is 9.53 Å². The summed E-state index contributed by atoms with van der Waals surface area (Å²) in [7, 11) is 0. The third kappa shape index (κ3) is 1.95. The minimum Gasteiger partial charge on any atom is -0.377 e. The molecule has 1 aliphatic heterocycles. The summed E-state index contributed by atoms with van der Waals surface area (Å²) in [4.78, 5) is 13.2. The van der Waals surface area contributed by atoms with E-state index in [2.05, 4.69) is 0 Å². The molecule has 1 amide bonds. The molecule has 1 unspecified atom stereocenters. The lowest BCUT2D eigenvalue weighted by Gasteiger charge is -2.34. The Hall–Kier alpha value is -0.610. The molecule has 0 aromatic rings. The molecule has 2 N–H and O–H groups in total. The van der Waals surface area contributed by atoms with Crippen LogP contribution >= 0.6 is 0 Å². The normalized spacial score (nSPS) is 26.9. The third-order valence-electron chi connectivity index (χ3n) is 2.04. The molecule has 1 fully saturated rings. The lowest BCUT2D eigenvalue weighted by Crippen LogP contribution is -2.52. The highest BCUT2D eigenvalue weighted by atomic mass is 16.5. The van der Waals surface area contributed by atoms with Gasteiger partial charge in [0.05, 0.1) is 25.3 Å². The maximum Gasteiger partial charge on any atom is 0.239 e. The van der Waals surface area contributed by atoms with Gasteiger partial charge in [-0.15, -0.1) is 0 Å². The smallest absolute Gasteiger partial charge is 0.239 e. The van der Waals surface area contributed by atoms with E-state index in [0.717, 1.165) is 0 Å². The Bertz CT molecular complexity index is 170. The van der Waals surface area contributed by atoms with E-state index >= 15 is 0 Å². The molecular weight excluding hydrogens is 156 g/mol. The van der Waals surface area contributed by atoms with E-state index in [1.165, 1.54) is 0 Å². The summed E-state index contributed by atoms with van der Waals surface area (Å²) in [5.74, 6) is 0.0193. The Balaban J connectivity index is 2.53. The van der Waals surface area contributed by atoms with Crippen LogP contribution in [0.1, 0.15) is 13.8 Å². The molecule has 70 valence electrons. The molecule has 2 atom stereocenters. The average Bonchev–Trinajstić information content (AvgIpc) is 2.04. The van der Waals surface area contributed by atoms with Crippen molar-refractivity contribution in [1.29, 1.82) is 0 Å². The van der Waals surface area contributed by atoms with Crippen LogP contribution in [0.25, 0.3) is 0 Å². The standard InChI is InChI=1S/C8H16N2O2/c1-6-5-12-4-3-10(6)8(11)7(2)9/h6-7H,3-5,9H2,1-2H3/t6?,7-/m1/s1. The van der Waals surface area contributed by atoms with Gasteiger partial charge in [-0.2, -0.15) is 0 Å². The molecule has 1 aliphatic rings. The van der Waals surface area contributed by atoms with Crippen LogP contribution in [0.2, 0.25) is 0 Å². The van der Waals surface area contributed by atoms with E-state index in [9.17, 15) is 4.79 Å². The number of nitrogens with two attached hydrogens (primary N) is 1. The van der Waals surface area contributed by atoms with Gasteiger partial charge >= 0.3 is 0 Å². The molecule has 0 spiro atoms. The van der Waals surface area contributed by atoms with Crippen molar-refractivity contribution in [2.75, 3.05) is 19.8 Å². The number of carbonyl (C=O) groups is 1. The van der Waals surface area contributed by atoms with Crippen molar-refractivity contribution >= 4 is 5.91 Å². The summed E-state index contributed by atoms with van der Waals surface area (Å²) < 4.78 is 5.21. The number of hydrogen-bond acceptors (Lipinski definition) is 3. The van der Waals surface area contributed by atoms with Crippen molar-refractivity contribution in [3.05, 3.63) is 0 Å². The SMILES string of the molecule is CC1COCCN1C(=O)[C@@H](C)N. The van der Waals surface area contributed by atoms with Crippen molar-refractivity contribution in [1.82, 2.24) is 4.90 Å². The Morgan fingerprint density at radius 1 is 1.75 bits per heavy atom. The van der Waals surface area contributed by atoms with Gasteiger partial charge in [-0.25, -0.2) is 0 Å². The number of amides is 1. The molecule has 12 heavy (non-hydrogen) atoms. The van der Waals surface area contributed by atoms with E-state index in [4.69, 9.17) is 10.5 Å². The summed E-state index contributed by atoms with van der Waals surface area (Å²) in [5.41, 5.74) is 5.50. The summed E-state index contributed by atoms with van der Waals surface area (Å²) in [6.07, 6.45) is 0. The molecule has 1 saturated heterocycles. The van der Waals surface area contributed by atoms with Crippen LogP contribution in [-0.2, 0) is 9.53 Å². The summed E-state index contributed by atoms with van der Waals surface area (Å²) in [6, 6.07) is -0.234.